The number of halogens is 1. The van der Waals surface area contributed by atoms with E-state index in [0.717, 1.165) is 25.7 Å². The lowest BCUT2D eigenvalue weighted by molar-refractivity contribution is -0.137. The monoisotopic (exact) mass is 200 g/mol. The van der Waals surface area contributed by atoms with Crippen LogP contribution in [0.1, 0.15) is 32.1 Å². The molecule has 1 aliphatic carbocycles. The van der Waals surface area contributed by atoms with Crippen molar-refractivity contribution >= 4 is 5.97 Å². The van der Waals surface area contributed by atoms with Gasteiger partial charge in [0.1, 0.15) is 6.17 Å². The maximum absolute atomic E-state index is 13.7. The standard InChI is InChI=1S/C11H17FO2/c1-8(11(13)14-2)10(12)9-6-4-3-5-7-9/h9-10H,1,3-7H2,2H3/t10-/m1/s1. The molecule has 2 nitrogen and oxygen atoms in total. The van der Waals surface area contributed by atoms with Crippen molar-refractivity contribution in [1.82, 2.24) is 0 Å². The summed E-state index contributed by atoms with van der Waals surface area (Å²) in [5, 5.41) is 0. The van der Waals surface area contributed by atoms with Crippen LogP contribution in [-0.2, 0) is 9.53 Å². The molecule has 0 unspecified atom stereocenters. The number of carbonyl (C=O) groups excluding carboxylic acids is 1. The number of hydrogen-bond acceptors (Lipinski definition) is 2. The maximum Gasteiger partial charge on any atom is 0.336 e. The van der Waals surface area contributed by atoms with Crippen molar-refractivity contribution in [1.29, 1.82) is 0 Å². The molecule has 1 atom stereocenters. The number of alkyl halides is 1. The number of ether oxygens (including phenoxy) is 1. The highest BCUT2D eigenvalue weighted by Gasteiger charge is 2.28. The van der Waals surface area contributed by atoms with Crippen molar-refractivity contribution in [2.45, 2.75) is 38.3 Å². The summed E-state index contributed by atoms with van der Waals surface area (Å²) in [4.78, 5) is 11.0. The van der Waals surface area contributed by atoms with Gasteiger partial charge in [-0.1, -0.05) is 25.8 Å². The molecule has 0 aromatic rings. The first-order valence-electron chi connectivity index (χ1n) is 5.08. The zero-order valence-corrected chi connectivity index (χ0v) is 8.59. The highest BCUT2D eigenvalue weighted by Crippen LogP contribution is 2.31. The molecule has 0 heterocycles. The van der Waals surface area contributed by atoms with Gasteiger partial charge in [0.25, 0.3) is 0 Å². The predicted molar refractivity (Wildman–Crippen MR) is 52.6 cm³/mol. The number of methoxy groups -OCH3 is 1. The van der Waals surface area contributed by atoms with E-state index in [4.69, 9.17) is 0 Å². The second-order valence-electron chi connectivity index (χ2n) is 3.82. The Morgan fingerprint density at radius 2 is 2.00 bits per heavy atom. The van der Waals surface area contributed by atoms with Gasteiger partial charge in [0.2, 0.25) is 0 Å². The summed E-state index contributed by atoms with van der Waals surface area (Å²) < 4.78 is 18.2. The maximum atomic E-state index is 13.7. The minimum atomic E-state index is -1.22. The average molecular weight is 200 g/mol. The Hall–Kier alpha value is -0.860. The zero-order chi connectivity index (χ0) is 10.6. The van der Waals surface area contributed by atoms with Crippen LogP contribution in [0.2, 0.25) is 0 Å². The number of rotatable bonds is 3. The lowest BCUT2D eigenvalue weighted by atomic mass is 9.83. The van der Waals surface area contributed by atoms with Crippen LogP contribution >= 0.6 is 0 Å². The van der Waals surface area contributed by atoms with Gasteiger partial charge in [0.15, 0.2) is 0 Å². The van der Waals surface area contributed by atoms with E-state index in [-0.39, 0.29) is 11.5 Å². The third-order valence-electron chi connectivity index (χ3n) is 2.84. The van der Waals surface area contributed by atoms with Crippen molar-refractivity contribution in [2.75, 3.05) is 7.11 Å². The van der Waals surface area contributed by atoms with Crippen LogP contribution in [0, 0.1) is 5.92 Å². The molecule has 0 spiro atoms. The lowest BCUT2D eigenvalue weighted by Crippen LogP contribution is -2.25. The molecule has 14 heavy (non-hydrogen) atoms. The molecule has 1 rings (SSSR count). The number of hydrogen-bond donors (Lipinski definition) is 0. The Labute approximate surface area is 84.1 Å². The van der Waals surface area contributed by atoms with Crippen LogP contribution in [0.4, 0.5) is 4.39 Å². The van der Waals surface area contributed by atoms with Crippen molar-refractivity contribution in [3.8, 4) is 0 Å². The summed E-state index contributed by atoms with van der Waals surface area (Å²) in [5.41, 5.74) is -0.0283. The van der Waals surface area contributed by atoms with Gasteiger partial charge in [-0.25, -0.2) is 9.18 Å². The molecule has 0 amide bonds. The molecule has 1 fully saturated rings. The Bertz CT molecular complexity index is 219. The molecular weight excluding hydrogens is 183 g/mol. The summed E-state index contributed by atoms with van der Waals surface area (Å²) in [7, 11) is 1.25. The van der Waals surface area contributed by atoms with E-state index in [2.05, 4.69) is 11.3 Å². The quantitative estimate of drug-likeness (QED) is 0.517. The van der Waals surface area contributed by atoms with E-state index >= 15 is 0 Å². The summed E-state index contributed by atoms with van der Waals surface area (Å²) in [6, 6.07) is 0. The van der Waals surface area contributed by atoms with E-state index in [1.54, 1.807) is 0 Å². The van der Waals surface area contributed by atoms with Gasteiger partial charge in [-0.05, 0) is 18.8 Å². The minimum absolute atomic E-state index is 0.0283. The molecule has 0 aliphatic heterocycles. The molecule has 0 radical (unpaired) electrons. The van der Waals surface area contributed by atoms with E-state index in [1.165, 1.54) is 13.5 Å². The highest BCUT2D eigenvalue weighted by molar-refractivity contribution is 5.88. The predicted octanol–water partition coefficient (Wildman–Crippen LogP) is 2.63. The first kappa shape index (κ1) is 11.2. The summed E-state index contributed by atoms with van der Waals surface area (Å²) >= 11 is 0. The van der Waals surface area contributed by atoms with E-state index in [1.807, 2.05) is 0 Å². The van der Waals surface area contributed by atoms with E-state index in [0.29, 0.717) is 0 Å². The van der Waals surface area contributed by atoms with Gasteiger partial charge in [0, 0.05) is 0 Å². The smallest absolute Gasteiger partial charge is 0.336 e. The van der Waals surface area contributed by atoms with Gasteiger partial charge in [-0.2, -0.15) is 0 Å². The van der Waals surface area contributed by atoms with Crippen LogP contribution in [0.3, 0.4) is 0 Å². The molecule has 0 bridgehead atoms. The molecule has 0 saturated heterocycles. The first-order valence-corrected chi connectivity index (χ1v) is 5.08. The third kappa shape index (κ3) is 2.56. The second-order valence-corrected chi connectivity index (χ2v) is 3.82. The topological polar surface area (TPSA) is 26.3 Å². The van der Waals surface area contributed by atoms with Crippen molar-refractivity contribution in [2.24, 2.45) is 5.92 Å². The van der Waals surface area contributed by atoms with Crippen LogP contribution in [0.5, 0.6) is 0 Å². The Kier molecular flexibility index (Phi) is 4.11. The summed E-state index contributed by atoms with van der Waals surface area (Å²) in [5.74, 6) is -0.654. The van der Waals surface area contributed by atoms with Gasteiger partial charge in [-0.3, -0.25) is 0 Å². The van der Waals surface area contributed by atoms with E-state index < -0.39 is 12.1 Å². The Morgan fingerprint density at radius 3 is 2.50 bits per heavy atom. The fourth-order valence-corrected chi connectivity index (χ4v) is 1.96. The summed E-state index contributed by atoms with van der Waals surface area (Å²) in [6.45, 7) is 3.45. The largest absolute Gasteiger partial charge is 0.466 e. The Balaban J connectivity index is 2.50. The SMILES string of the molecule is C=C(C(=O)OC)[C@@H](F)C1CCCCC1. The number of carbonyl (C=O) groups is 1. The molecular formula is C11H17FO2. The normalized spacial score (nSPS) is 20.1. The van der Waals surface area contributed by atoms with Crippen LogP contribution in [0.15, 0.2) is 12.2 Å². The fraction of sp³-hybridized carbons (Fsp3) is 0.727. The van der Waals surface area contributed by atoms with Gasteiger partial charge < -0.3 is 4.74 Å². The zero-order valence-electron chi connectivity index (χ0n) is 8.59. The fourth-order valence-electron chi connectivity index (χ4n) is 1.96. The molecule has 3 heteroatoms. The molecule has 0 aromatic heterocycles. The van der Waals surface area contributed by atoms with E-state index in [9.17, 15) is 9.18 Å². The van der Waals surface area contributed by atoms with Gasteiger partial charge >= 0.3 is 5.97 Å². The van der Waals surface area contributed by atoms with Crippen LogP contribution < -0.4 is 0 Å². The molecule has 1 aliphatic rings. The molecule has 0 aromatic carbocycles. The molecule has 1 saturated carbocycles. The Morgan fingerprint density at radius 1 is 1.43 bits per heavy atom. The van der Waals surface area contributed by atoms with Crippen molar-refractivity contribution < 1.29 is 13.9 Å². The van der Waals surface area contributed by atoms with Crippen LogP contribution in [-0.4, -0.2) is 19.3 Å². The molecule has 0 N–H and O–H groups in total. The average Bonchev–Trinajstić information content (AvgIpc) is 2.27. The van der Waals surface area contributed by atoms with Gasteiger partial charge in [0.05, 0.1) is 12.7 Å². The molecule has 80 valence electrons. The minimum Gasteiger partial charge on any atom is -0.466 e. The lowest BCUT2D eigenvalue weighted by Gasteiger charge is -2.25. The van der Waals surface area contributed by atoms with Crippen molar-refractivity contribution in [3.05, 3.63) is 12.2 Å². The van der Waals surface area contributed by atoms with Crippen LogP contribution in [0.25, 0.3) is 0 Å². The highest BCUT2D eigenvalue weighted by atomic mass is 19.1. The summed E-state index contributed by atoms with van der Waals surface area (Å²) in [6.07, 6.45) is 3.78. The van der Waals surface area contributed by atoms with Gasteiger partial charge in [-0.15, -0.1) is 0 Å². The number of esters is 1. The third-order valence-corrected chi connectivity index (χ3v) is 2.84. The first-order chi connectivity index (χ1) is 6.66. The van der Waals surface area contributed by atoms with Crippen molar-refractivity contribution in [3.63, 3.8) is 0 Å². The second kappa shape index (κ2) is 5.13.